The third-order valence-electron chi connectivity index (χ3n) is 5.20. The van der Waals surface area contributed by atoms with Crippen molar-refractivity contribution >= 4 is 58.2 Å². The van der Waals surface area contributed by atoms with Crippen LogP contribution in [-0.4, -0.2) is 28.6 Å². The summed E-state index contributed by atoms with van der Waals surface area (Å²) in [5, 5.41) is 0.262. The summed E-state index contributed by atoms with van der Waals surface area (Å²) in [5.74, 6) is -0.723. The van der Waals surface area contributed by atoms with Crippen LogP contribution in [0.5, 0.6) is 11.5 Å². The first kappa shape index (κ1) is 25.8. The molecule has 1 fully saturated rings. The van der Waals surface area contributed by atoms with Crippen molar-refractivity contribution in [3.05, 3.63) is 97.9 Å². The summed E-state index contributed by atoms with van der Waals surface area (Å²) in [5.41, 5.74) is 2.73. The molecule has 3 aromatic rings. The highest BCUT2D eigenvalue weighted by Crippen LogP contribution is 2.40. The first-order chi connectivity index (χ1) is 17.2. The second-order valence-electron chi connectivity index (χ2n) is 7.92. The maximum Gasteiger partial charge on any atom is 0.343 e. The van der Waals surface area contributed by atoms with Gasteiger partial charge in [0.2, 0.25) is 0 Å². The lowest BCUT2D eigenvalue weighted by atomic mass is 10.1. The molecule has 6 nitrogen and oxygen atoms in total. The number of esters is 1. The molecule has 1 aliphatic heterocycles. The molecule has 0 atom stereocenters. The third kappa shape index (κ3) is 5.93. The number of rotatable bonds is 7. The molecular formula is C27H21Cl2NO5S. The summed E-state index contributed by atoms with van der Waals surface area (Å²) in [6.45, 7) is 4.21. The van der Waals surface area contributed by atoms with Crippen molar-refractivity contribution in [1.29, 1.82) is 0 Å². The monoisotopic (exact) mass is 541 g/mol. The van der Waals surface area contributed by atoms with Crippen LogP contribution in [0, 0.1) is 6.92 Å². The van der Waals surface area contributed by atoms with Crippen LogP contribution in [0.3, 0.4) is 0 Å². The molecular weight excluding hydrogens is 521 g/mol. The second kappa shape index (κ2) is 11.2. The topological polar surface area (TPSA) is 72.9 Å². The Morgan fingerprint density at radius 1 is 1.06 bits per heavy atom. The van der Waals surface area contributed by atoms with Crippen LogP contribution < -0.4 is 9.47 Å². The van der Waals surface area contributed by atoms with E-state index in [1.165, 1.54) is 4.90 Å². The van der Waals surface area contributed by atoms with Crippen LogP contribution in [-0.2, 0) is 11.3 Å². The molecule has 0 bridgehead atoms. The van der Waals surface area contributed by atoms with E-state index in [-0.39, 0.29) is 45.7 Å². The Labute approximate surface area is 222 Å². The quantitative estimate of drug-likeness (QED) is 0.179. The Bertz CT molecular complexity index is 1370. The molecule has 1 heterocycles. The second-order valence-corrected chi connectivity index (χ2v) is 9.75. The first-order valence-electron chi connectivity index (χ1n) is 11.0. The van der Waals surface area contributed by atoms with Crippen molar-refractivity contribution in [1.82, 2.24) is 4.90 Å². The predicted octanol–water partition coefficient (Wildman–Crippen LogP) is 7.16. The Balaban J connectivity index is 1.58. The summed E-state index contributed by atoms with van der Waals surface area (Å²) in [4.78, 5) is 39.6. The lowest BCUT2D eigenvalue weighted by Gasteiger charge is -2.14. The average molecular weight is 542 g/mol. The standard InChI is InChI=1S/C27H21Cl2NO5S/c1-3-34-22-13-18(12-21(29)24(22)35-26(32)19-7-9-20(28)10-8-19)14-23-25(31)30(27(33)36-23)15-17-6-4-5-16(2)11-17/h4-14H,3,15H2,1-2H3/b23-14-. The zero-order chi connectivity index (χ0) is 25.8. The summed E-state index contributed by atoms with van der Waals surface area (Å²) in [6.07, 6.45) is 1.57. The number of ether oxygens (including phenoxy) is 2. The summed E-state index contributed by atoms with van der Waals surface area (Å²) in [7, 11) is 0. The number of hydrogen-bond acceptors (Lipinski definition) is 6. The van der Waals surface area contributed by atoms with Gasteiger partial charge in [-0.15, -0.1) is 0 Å². The van der Waals surface area contributed by atoms with Crippen LogP contribution in [0.2, 0.25) is 10.0 Å². The summed E-state index contributed by atoms with van der Waals surface area (Å²) in [6, 6.07) is 17.0. The number of halogens is 2. The third-order valence-corrected chi connectivity index (χ3v) is 6.64. The number of amides is 2. The van der Waals surface area contributed by atoms with Gasteiger partial charge in [0.1, 0.15) is 0 Å². The van der Waals surface area contributed by atoms with E-state index in [0.29, 0.717) is 16.1 Å². The highest BCUT2D eigenvalue weighted by molar-refractivity contribution is 8.18. The zero-order valence-electron chi connectivity index (χ0n) is 19.4. The molecule has 0 unspecified atom stereocenters. The number of imide groups is 1. The fraction of sp³-hybridized carbons (Fsp3) is 0.148. The van der Waals surface area contributed by atoms with E-state index >= 15 is 0 Å². The maximum atomic E-state index is 13.0. The molecule has 0 aliphatic carbocycles. The first-order valence-corrected chi connectivity index (χ1v) is 12.6. The Hall–Kier alpha value is -3.26. The zero-order valence-corrected chi connectivity index (χ0v) is 21.7. The predicted molar refractivity (Wildman–Crippen MR) is 142 cm³/mol. The van der Waals surface area contributed by atoms with Gasteiger partial charge >= 0.3 is 5.97 Å². The molecule has 3 aromatic carbocycles. The minimum atomic E-state index is -0.625. The van der Waals surface area contributed by atoms with Crippen LogP contribution in [0.15, 0.2) is 65.6 Å². The van der Waals surface area contributed by atoms with Crippen LogP contribution in [0.4, 0.5) is 4.79 Å². The number of aryl methyl sites for hydroxylation is 1. The molecule has 0 radical (unpaired) electrons. The largest absolute Gasteiger partial charge is 0.490 e. The van der Waals surface area contributed by atoms with Crippen molar-refractivity contribution in [2.45, 2.75) is 20.4 Å². The SMILES string of the molecule is CCOc1cc(/C=C2\SC(=O)N(Cc3cccc(C)c3)C2=O)cc(Cl)c1OC(=O)c1ccc(Cl)cc1. The van der Waals surface area contributed by atoms with Gasteiger partial charge in [-0.25, -0.2) is 4.79 Å². The van der Waals surface area contributed by atoms with Crippen LogP contribution in [0.1, 0.15) is 34.0 Å². The van der Waals surface area contributed by atoms with Gasteiger partial charge in [-0.2, -0.15) is 0 Å². The molecule has 4 rings (SSSR count). The number of thioether (sulfide) groups is 1. The van der Waals surface area contributed by atoms with Crippen molar-refractivity contribution in [3.63, 3.8) is 0 Å². The Kier molecular flexibility index (Phi) is 8.04. The molecule has 1 aliphatic rings. The molecule has 184 valence electrons. The maximum absolute atomic E-state index is 13.0. The Morgan fingerprint density at radius 2 is 1.81 bits per heavy atom. The van der Waals surface area contributed by atoms with Gasteiger partial charge in [0.05, 0.1) is 28.6 Å². The molecule has 9 heteroatoms. The van der Waals surface area contributed by atoms with Gasteiger partial charge in [0, 0.05) is 5.02 Å². The van der Waals surface area contributed by atoms with Gasteiger partial charge in [0.25, 0.3) is 11.1 Å². The molecule has 0 aromatic heterocycles. The van der Waals surface area contributed by atoms with Gasteiger partial charge in [-0.3, -0.25) is 14.5 Å². The van der Waals surface area contributed by atoms with E-state index in [1.807, 2.05) is 31.2 Å². The number of carbonyl (C=O) groups is 3. The molecule has 0 N–H and O–H groups in total. The van der Waals surface area contributed by atoms with Crippen molar-refractivity contribution < 1.29 is 23.9 Å². The molecule has 2 amide bonds. The smallest absolute Gasteiger partial charge is 0.343 e. The number of nitrogens with zero attached hydrogens (tertiary/aromatic N) is 1. The van der Waals surface area contributed by atoms with E-state index in [4.69, 9.17) is 32.7 Å². The van der Waals surface area contributed by atoms with Gasteiger partial charge in [-0.1, -0.05) is 53.0 Å². The average Bonchev–Trinajstić information content (AvgIpc) is 3.09. The number of carbonyl (C=O) groups excluding carboxylic acids is 3. The minimum absolute atomic E-state index is 0.0585. The fourth-order valence-electron chi connectivity index (χ4n) is 3.55. The number of benzene rings is 3. The van der Waals surface area contributed by atoms with E-state index in [0.717, 1.165) is 22.9 Å². The molecule has 36 heavy (non-hydrogen) atoms. The van der Waals surface area contributed by atoms with E-state index in [1.54, 1.807) is 49.4 Å². The fourth-order valence-corrected chi connectivity index (χ4v) is 4.77. The van der Waals surface area contributed by atoms with Crippen LogP contribution in [0.25, 0.3) is 6.08 Å². The van der Waals surface area contributed by atoms with Crippen molar-refractivity contribution in [2.24, 2.45) is 0 Å². The van der Waals surface area contributed by atoms with Crippen LogP contribution >= 0.6 is 35.0 Å². The van der Waals surface area contributed by atoms with Gasteiger partial charge in [-0.05, 0) is 79.2 Å². The molecule has 0 spiro atoms. The van der Waals surface area contributed by atoms with E-state index in [2.05, 4.69) is 0 Å². The summed E-state index contributed by atoms with van der Waals surface area (Å²) < 4.78 is 11.2. The van der Waals surface area contributed by atoms with Gasteiger partial charge in [0.15, 0.2) is 11.5 Å². The highest BCUT2D eigenvalue weighted by Gasteiger charge is 2.35. The van der Waals surface area contributed by atoms with Crippen molar-refractivity contribution in [2.75, 3.05) is 6.61 Å². The molecule has 0 saturated carbocycles. The number of hydrogen-bond donors (Lipinski definition) is 0. The normalized spacial score (nSPS) is 14.4. The van der Waals surface area contributed by atoms with E-state index in [9.17, 15) is 14.4 Å². The van der Waals surface area contributed by atoms with E-state index < -0.39 is 5.97 Å². The van der Waals surface area contributed by atoms with Gasteiger partial charge < -0.3 is 9.47 Å². The minimum Gasteiger partial charge on any atom is -0.490 e. The lowest BCUT2D eigenvalue weighted by Crippen LogP contribution is -2.27. The van der Waals surface area contributed by atoms with Crippen molar-refractivity contribution in [3.8, 4) is 11.5 Å². The Morgan fingerprint density at radius 3 is 2.50 bits per heavy atom. The molecule has 1 saturated heterocycles. The highest BCUT2D eigenvalue weighted by atomic mass is 35.5. The lowest BCUT2D eigenvalue weighted by molar-refractivity contribution is -0.123. The summed E-state index contributed by atoms with van der Waals surface area (Å²) >= 11 is 13.2.